The molecule has 0 unspecified atom stereocenters. The SMILES string of the molecule is C[C@@H](N)[C@H](NC(=O)c1ccc(/C=C/C#CC2=CC=C(F)CC2)cc1)C(=O)NO. The van der Waals surface area contributed by atoms with Crippen molar-refractivity contribution in [2.75, 3.05) is 0 Å². The normalized spacial score (nSPS) is 15.6. The lowest BCUT2D eigenvalue weighted by atomic mass is 10.0. The van der Waals surface area contributed by atoms with Crippen LogP contribution in [0, 0.1) is 11.8 Å². The quantitative estimate of drug-likeness (QED) is 0.356. The molecular formula is C21H22FN3O3. The van der Waals surface area contributed by atoms with E-state index in [1.807, 2.05) is 0 Å². The summed E-state index contributed by atoms with van der Waals surface area (Å²) in [6.45, 7) is 1.55. The van der Waals surface area contributed by atoms with Crippen LogP contribution in [0.1, 0.15) is 35.7 Å². The molecule has 2 rings (SSSR count). The lowest BCUT2D eigenvalue weighted by molar-refractivity contribution is -0.131. The molecule has 1 aromatic carbocycles. The Kier molecular flexibility index (Phi) is 7.69. The lowest BCUT2D eigenvalue weighted by Gasteiger charge is -2.20. The number of amides is 2. The number of nitrogens with one attached hydrogen (secondary N) is 2. The first-order chi connectivity index (χ1) is 13.4. The van der Waals surface area contributed by atoms with Gasteiger partial charge in [0.05, 0.1) is 0 Å². The van der Waals surface area contributed by atoms with Crippen LogP contribution >= 0.6 is 0 Å². The molecule has 5 N–H and O–H groups in total. The number of rotatable bonds is 5. The van der Waals surface area contributed by atoms with Crippen molar-refractivity contribution in [3.05, 3.63) is 65.0 Å². The van der Waals surface area contributed by atoms with Crippen LogP contribution in [0.5, 0.6) is 0 Å². The van der Waals surface area contributed by atoms with Crippen molar-refractivity contribution in [3.63, 3.8) is 0 Å². The molecule has 6 nitrogen and oxygen atoms in total. The van der Waals surface area contributed by atoms with E-state index < -0.39 is 23.9 Å². The van der Waals surface area contributed by atoms with Crippen molar-refractivity contribution in [3.8, 4) is 11.8 Å². The van der Waals surface area contributed by atoms with Gasteiger partial charge in [-0.05, 0) is 55.3 Å². The van der Waals surface area contributed by atoms with Crippen LogP contribution in [0.4, 0.5) is 4.39 Å². The van der Waals surface area contributed by atoms with Gasteiger partial charge >= 0.3 is 0 Å². The second-order valence-electron chi connectivity index (χ2n) is 6.32. The van der Waals surface area contributed by atoms with E-state index in [1.165, 1.54) is 11.6 Å². The number of hydrogen-bond donors (Lipinski definition) is 4. The summed E-state index contributed by atoms with van der Waals surface area (Å²) in [7, 11) is 0. The van der Waals surface area contributed by atoms with Gasteiger partial charge in [-0.25, -0.2) is 9.87 Å². The number of nitrogens with two attached hydrogens (primary N) is 1. The first-order valence-corrected chi connectivity index (χ1v) is 8.74. The van der Waals surface area contributed by atoms with Crippen molar-refractivity contribution in [2.45, 2.75) is 31.8 Å². The van der Waals surface area contributed by atoms with Gasteiger partial charge < -0.3 is 11.1 Å². The molecular weight excluding hydrogens is 361 g/mol. The van der Waals surface area contributed by atoms with Crippen LogP contribution in [-0.4, -0.2) is 29.1 Å². The summed E-state index contributed by atoms with van der Waals surface area (Å²) in [4.78, 5) is 23.8. The number of allylic oxidation sites excluding steroid dienone is 5. The topological polar surface area (TPSA) is 104 Å². The highest BCUT2D eigenvalue weighted by atomic mass is 19.1. The van der Waals surface area contributed by atoms with E-state index in [0.29, 0.717) is 18.4 Å². The van der Waals surface area contributed by atoms with Gasteiger partial charge in [-0.15, -0.1) is 0 Å². The van der Waals surface area contributed by atoms with Crippen LogP contribution in [0.15, 0.2) is 53.9 Å². The van der Waals surface area contributed by atoms with E-state index in [0.717, 1.165) is 11.1 Å². The van der Waals surface area contributed by atoms with Crippen molar-refractivity contribution in [2.24, 2.45) is 5.73 Å². The smallest absolute Gasteiger partial charge is 0.267 e. The van der Waals surface area contributed by atoms with Gasteiger partial charge in [0.1, 0.15) is 11.9 Å². The van der Waals surface area contributed by atoms with Crippen LogP contribution in [-0.2, 0) is 4.79 Å². The van der Waals surface area contributed by atoms with Gasteiger partial charge in [0.25, 0.3) is 11.8 Å². The van der Waals surface area contributed by atoms with Gasteiger partial charge in [-0.1, -0.05) is 24.0 Å². The number of carbonyl (C=O) groups is 2. The first kappa shape index (κ1) is 21.1. The average molecular weight is 383 g/mol. The highest BCUT2D eigenvalue weighted by Crippen LogP contribution is 2.18. The Morgan fingerprint density at radius 2 is 1.96 bits per heavy atom. The Hall–Kier alpha value is -3.21. The fraction of sp³-hybridized carbons (Fsp3) is 0.238. The Morgan fingerprint density at radius 3 is 2.54 bits per heavy atom. The Morgan fingerprint density at radius 1 is 1.25 bits per heavy atom. The minimum atomic E-state index is -1.05. The summed E-state index contributed by atoms with van der Waals surface area (Å²) in [5, 5.41) is 11.2. The maximum atomic E-state index is 12.9. The molecule has 0 aromatic heterocycles. The number of carbonyl (C=O) groups excluding carboxylic acids is 2. The van der Waals surface area contributed by atoms with Crippen LogP contribution in [0.25, 0.3) is 6.08 Å². The number of benzene rings is 1. The third-order valence-electron chi connectivity index (χ3n) is 4.07. The maximum Gasteiger partial charge on any atom is 0.267 e. The highest BCUT2D eigenvalue weighted by molar-refractivity contribution is 5.97. The molecule has 0 bridgehead atoms. The molecule has 0 radical (unpaired) electrons. The zero-order valence-electron chi connectivity index (χ0n) is 15.4. The standard InChI is InChI=1S/C21H22FN3O3/c1-14(23)19(21(27)25-28)24-20(26)17-10-6-15(7-11-17)4-2-3-5-16-8-12-18(22)13-9-16/h2,4,6-8,10-12,14,19,28H,9,13,23H2,1H3,(H,24,26)(H,25,27)/b4-2+/t14-,19+/m1/s1. The molecule has 0 saturated carbocycles. The van der Waals surface area contributed by atoms with E-state index in [4.69, 9.17) is 10.9 Å². The van der Waals surface area contributed by atoms with E-state index >= 15 is 0 Å². The summed E-state index contributed by atoms with van der Waals surface area (Å²) in [5.74, 6) is 4.48. The fourth-order valence-corrected chi connectivity index (χ4v) is 2.46. The highest BCUT2D eigenvalue weighted by Gasteiger charge is 2.24. The van der Waals surface area contributed by atoms with Crippen molar-refractivity contribution >= 4 is 17.9 Å². The predicted molar refractivity (Wildman–Crippen MR) is 105 cm³/mol. The maximum absolute atomic E-state index is 12.9. The van der Waals surface area contributed by atoms with E-state index in [9.17, 15) is 14.0 Å². The fourth-order valence-electron chi connectivity index (χ4n) is 2.46. The molecule has 0 spiro atoms. The van der Waals surface area contributed by atoms with E-state index in [2.05, 4.69) is 17.2 Å². The molecule has 1 aromatic rings. The third kappa shape index (κ3) is 6.20. The average Bonchev–Trinajstić information content (AvgIpc) is 2.70. The monoisotopic (exact) mass is 383 g/mol. The Labute approximate surface area is 163 Å². The van der Waals surface area contributed by atoms with Crippen LogP contribution < -0.4 is 16.5 Å². The molecule has 2 amide bonds. The molecule has 28 heavy (non-hydrogen) atoms. The van der Waals surface area contributed by atoms with Crippen molar-refractivity contribution < 1.29 is 19.2 Å². The molecule has 0 saturated heterocycles. The van der Waals surface area contributed by atoms with Gasteiger partial charge in [0.2, 0.25) is 0 Å². The minimum Gasteiger partial charge on any atom is -0.339 e. The Balaban J connectivity index is 1.97. The molecule has 0 heterocycles. The summed E-state index contributed by atoms with van der Waals surface area (Å²) in [5.41, 5.74) is 9.21. The van der Waals surface area contributed by atoms with Gasteiger partial charge in [0.15, 0.2) is 0 Å². The molecule has 146 valence electrons. The van der Waals surface area contributed by atoms with Gasteiger partial charge in [-0.3, -0.25) is 14.8 Å². The zero-order chi connectivity index (χ0) is 20.5. The summed E-state index contributed by atoms with van der Waals surface area (Å²) in [6, 6.07) is 4.95. The van der Waals surface area contributed by atoms with Crippen LogP contribution in [0.3, 0.4) is 0 Å². The molecule has 0 fully saturated rings. The first-order valence-electron chi connectivity index (χ1n) is 8.74. The van der Waals surface area contributed by atoms with E-state index in [-0.39, 0.29) is 5.83 Å². The molecule has 1 aliphatic carbocycles. The summed E-state index contributed by atoms with van der Waals surface area (Å²) in [6.07, 6.45) is 7.57. The second-order valence-corrected chi connectivity index (χ2v) is 6.32. The lowest BCUT2D eigenvalue weighted by Crippen LogP contribution is -2.54. The van der Waals surface area contributed by atoms with E-state index in [1.54, 1.807) is 49.4 Å². The summed E-state index contributed by atoms with van der Waals surface area (Å²) >= 11 is 0. The number of hydrogen-bond acceptors (Lipinski definition) is 4. The Bertz CT molecular complexity index is 874. The van der Waals surface area contributed by atoms with Crippen molar-refractivity contribution in [1.82, 2.24) is 10.8 Å². The van der Waals surface area contributed by atoms with Gasteiger partial charge in [0, 0.05) is 23.6 Å². The summed E-state index contributed by atoms with van der Waals surface area (Å²) < 4.78 is 12.9. The van der Waals surface area contributed by atoms with Crippen LogP contribution in [0.2, 0.25) is 0 Å². The zero-order valence-corrected chi connectivity index (χ0v) is 15.4. The molecule has 2 atom stereocenters. The number of halogens is 1. The number of hydroxylamine groups is 1. The molecule has 1 aliphatic rings. The molecule has 7 heteroatoms. The third-order valence-corrected chi connectivity index (χ3v) is 4.07. The largest absolute Gasteiger partial charge is 0.339 e. The molecule has 0 aliphatic heterocycles. The van der Waals surface area contributed by atoms with Crippen molar-refractivity contribution in [1.29, 1.82) is 0 Å². The predicted octanol–water partition coefficient (Wildman–Crippen LogP) is 2.23. The van der Waals surface area contributed by atoms with Gasteiger partial charge in [-0.2, -0.15) is 0 Å². The minimum absolute atomic E-state index is 0.130. The second kappa shape index (κ2) is 10.2.